The number of thioether (sulfide) groups is 1. The zero-order chi connectivity index (χ0) is 12.7. The molecule has 0 saturated heterocycles. The lowest BCUT2D eigenvalue weighted by Gasteiger charge is -2.01. The zero-order valence-electron chi connectivity index (χ0n) is 9.61. The van der Waals surface area contributed by atoms with E-state index >= 15 is 0 Å². The Morgan fingerprint density at radius 2 is 2.29 bits per heavy atom. The molecule has 1 rings (SSSR count). The lowest BCUT2D eigenvalue weighted by molar-refractivity contribution is -0.109. The predicted octanol–water partition coefficient (Wildman–Crippen LogP) is 2.20. The molecule has 0 spiro atoms. The van der Waals surface area contributed by atoms with Crippen LogP contribution in [-0.4, -0.2) is 18.0 Å². The van der Waals surface area contributed by atoms with Gasteiger partial charge >= 0.3 is 0 Å². The van der Waals surface area contributed by atoms with Crippen LogP contribution < -0.4 is 4.74 Å². The van der Waals surface area contributed by atoms with E-state index in [1.807, 2.05) is 6.07 Å². The molecular formula is C13H11NO2S. The molecule has 0 amide bonds. The summed E-state index contributed by atoms with van der Waals surface area (Å²) >= 11 is 1.17. The Morgan fingerprint density at radius 1 is 1.53 bits per heavy atom. The van der Waals surface area contributed by atoms with Crippen molar-refractivity contribution in [2.45, 2.75) is 6.92 Å². The van der Waals surface area contributed by atoms with Crippen molar-refractivity contribution in [2.24, 2.45) is 0 Å². The molecule has 0 saturated carbocycles. The Bertz CT molecular complexity index is 520. The van der Waals surface area contributed by atoms with Crippen molar-refractivity contribution in [3.63, 3.8) is 0 Å². The van der Waals surface area contributed by atoms with E-state index in [0.29, 0.717) is 17.1 Å². The average molecular weight is 245 g/mol. The van der Waals surface area contributed by atoms with Crippen molar-refractivity contribution in [1.82, 2.24) is 0 Å². The van der Waals surface area contributed by atoms with Gasteiger partial charge in [0, 0.05) is 12.5 Å². The predicted molar refractivity (Wildman–Crippen MR) is 67.7 cm³/mol. The summed E-state index contributed by atoms with van der Waals surface area (Å²) in [6, 6.07) is 7.21. The van der Waals surface area contributed by atoms with Gasteiger partial charge in [0.15, 0.2) is 5.12 Å². The van der Waals surface area contributed by atoms with E-state index < -0.39 is 0 Å². The monoisotopic (exact) mass is 245 g/mol. The van der Waals surface area contributed by atoms with Gasteiger partial charge in [-0.25, -0.2) is 0 Å². The van der Waals surface area contributed by atoms with Crippen LogP contribution in [0.25, 0.3) is 0 Å². The second kappa shape index (κ2) is 6.62. The van der Waals surface area contributed by atoms with Gasteiger partial charge in [-0.15, -0.1) is 0 Å². The number of nitrogens with zero attached hydrogens (tertiary/aromatic N) is 1. The van der Waals surface area contributed by atoms with E-state index in [1.54, 1.807) is 18.2 Å². The summed E-state index contributed by atoms with van der Waals surface area (Å²) in [4.78, 5) is 10.7. The maximum Gasteiger partial charge on any atom is 0.186 e. The van der Waals surface area contributed by atoms with Crippen molar-refractivity contribution < 1.29 is 9.53 Å². The highest BCUT2D eigenvalue weighted by Gasteiger charge is 2.01. The summed E-state index contributed by atoms with van der Waals surface area (Å²) in [7, 11) is 1.52. The molecule has 0 unspecified atom stereocenters. The zero-order valence-corrected chi connectivity index (χ0v) is 10.4. The molecule has 17 heavy (non-hydrogen) atoms. The summed E-state index contributed by atoms with van der Waals surface area (Å²) in [5, 5.41) is 8.94. The normalized spacial score (nSPS) is 8.76. The Kier molecular flexibility index (Phi) is 5.13. The molecule has 0 heterocycles. The number of carbonyl (C=O) groups is 1. The molecule has 0 aliphatic rings. The largest absolute Gasteiger partial charge is 0.495 e. The van der Waals surface area contributed by atoms with E-state index in [1.165, 1.54) is 25.8 Å². The number of methoxy groups -OCH3 is 1. The molecular weight excluding hydrogens is 234 g/mol. The SMILES string of the molecule is COc1ccc(C#CCSC(C)=O)cc1C#N. The lowest BCUT2D eigenvalue weighted by atomic mass is 10.1. The highest BCUT2D eigenvalue weighted by atomic mass is 32.2. The third-order valence-corrected chi connectivity index (χ3v) is 2.60. The summed E-state index contributed by atoms with van der Waals surface area (Å²) < 4.78 is 5.03. The smallest absolute Gasteiger partial charge is 0.186 e. The fourth-order valence-corrected chi connectivity index (χ4v) is 1.50. The standard InChI is InChI=1S/C13H11NO2S/c1-10(15)17-7-3-4-11-5-6-13(16-2)12(8-11)9-14/h5-6,8H,7H2,1-2H3. The Morgan fingerprint density at radius 3 is 2.88 bits per heavy atom. The van der Waals surface area contributed by atoms with Gasteiger partial charge in [0.25, 0.3) is 0 Å². The molecule has 4 heteroatoms. The van der Waals surface area contributed by atoms with E-state index in [-0.39, 0.29) is 5.12 Å². The van der Waals surface area contributed by atoms with Gasteiger partial charge in [-0.05, 0) is 18.2 Å². The fraction of sp³-hybridized carbons (Fsp3) is 0.231. The topological polar surface area (TPSA) is 50.1 Å². The van der Waals surface area contributed by atoms with E-state index in [9.17, 15) is 4.79 Å². The van der Waals surface area contributed by atoms with Crippen LogP contribution in [0.1, 0.15) is 18.1 Å². The lowest BCUT2D eigenvalue weighted by Crippen LogP contribution is -1.88. The Hall–Kier alpha value is -1.91. The number of carbonyl (C=O) groups excluding carboxylic acids is 1. The summed E-state index contributed by atoms with van der Waals surface area (Å²) in [6.45, 7) is 1.51. The van der Waals surface area contributed by atoms with Gasteiger partial charge in [0.1, 0.15) is 11.8 Å². The summed E-state index contributed by atoms with van der Waals surface area (Å²) in [5.74, 6) is 6.76. The second-order valence-corrected chi connectivity index (χ2v) is 4.26. The molecule has 0 atom stereocenters. The van der Waals surface area contributed by atoms with Crippen LogP contribution in [0.4, 0.5) is 0 Å². The third kappa shape index (κ3) is 4.22. The van der Waals surface area contributed by atoms with Crippen LogP contribution in [0.3, 0.4) is 0 Å². The Labute approximate surface area is 105 Å². The Balaban J connectivity index is 2.79. The van der Waals surface area contributed by atoms with Gasteiger partial charge < -0.3 is 4.74 Å². The molecule has 0 bridgehead atoms. The summed E-state index contributed by atoms with van der Waals surface area (Å²) in [6.07, 6.45) is 0. The molecule has 0 radical (unpaired) electrons. The quantitative estimate of drug-likeness (QED) is 0.749. The van der Waals surface area contributed by atoms with Crippen LogP contribution in [0.5, 0.6) is 5.75 Å². The maximum atomic E-state index is 10.7. The number of hydrogen-bond acceptors (Lipinski definition) is 4. The van der Waals surface area contributed by atoms with Gasteiger partial charge in [-0.3, -0.25) is 4.79 Å². The van der Waals surface area contributed by atoms with Crippen molar-refractivity contribution in [2.75, 3.05) is 12.9 Å². The molecule has 1 aromatic rings. The van der Waals surface area contributed by atoms with E-state index in [0.717, 1.165) is 5.56 Å². The number of rotatable bonds is 2. The molecule has 1 aromatic carbocycles. The van der Waals surface area contributed by atoms with Crippen molar-refractivity contribution in [3.8, 4) is 23.7 Å². The van der Waals surface area contributed by atoms with Crippen molar-refractivity contribution in [1.29, 1.82) is 5.26 Å². The first-order chi connectivity index (χ1) is 8.17. The van der Waals surface area contributed by atoms with Gasteiger partial charge in [-0.2, -0.15) is 5.26 Å². The molecule has 86 valence electrons. The first-order valence-electron chi connectivity index (χ1n) is 4.87. The number of benzene rings is 1. The van der Waals surface area contributed by atoms with Crippen LogP contribution >= 0.6 is 11.8 Å². The number of nitriles is 1. The van der Waals surface area contributed by atoms with Crippen LogP contribution in [0, 0.1) is 23.2 Å². The minimum Gasteiger partial charge on any atom is -0.495 e. The summed E-state index contributed by atoms with van der Waals surface area (Å²) in [5.41, 5.74) is 1.20. The molecule has 0 aliphatic carbocycles. The highest BCUT2D eigenvalue weighted by Crippen LogP contribution is 2.18. The van der Waals surface area contributed by atoms with Gasteiger partial charge in [0.05, 0.1) is 18.4 Å². The third-order valence-electron chi connectivity index (χ3n) is 1.90. The maximum absolute atomic E-state index is 10.7. The van der Waals surface area contributed by atoms with Crippen LogP contribution in [0.15, 0.2) is 18.2 Å². The molecule has 0 N–H and O–H groups in total. The van der Waals surface area contributed by atoms with Gasteiger partial charge in [-0.1, -0.05) is 23.6 Å². The van der Waals surface area contributed by atoms with Crippen LogP contribution in [0.2, 0.25) is 0 Å². The molecule has 0 aliphatic heterocycles. The minimum absolute atomic E-state index is 0.0479. The molecule has 0 fully saturated rings. The molecule has 0 aromatic heterocycles. The highest BCUT2D eigenvalue weighted by molar-refractivity contribution is 8.13. The van der Waals surface area contributed by atoms with E-state index in [4.69, 9.17) is 10.00 Å². The van der Waals surface area contributed by atoms with Crippen molar-refractivity contribution in [3.05, 3.63) is 29.3 Å². The minimum atomic E-state index is 0.0479. The second-order valence-electron chi connectivity index (χ2n) is 3.11. The average Bonchev–Trinajstić information content (AvgIpc) is 2.34. The van der Waals surface area contributed by atoms with E-state index in [2.05, 4.69) is 11.8 Å². The number of ether oxygens (including phenoxy) is 1. The first-order valence-corrected chi connectivity index (χ1v) is 5.86. The molecule has 3 nitrogen and oxygen atoms in total. The number of hydrogen-bond donors (Lipinski definition) is 0. The fourth-order valence-electron chi connectivity index (χ4n) is 1.15. The van der Waals surface area contributed by atoms with Crippen LogP contribution in [-0.2, 0) is 4.79 Å². The van der Waals surface area contributed by atoms with Crippen molar-refractivity contribution >= 4 is 16.9 Å². The van der Waals surface area contributed by atoms with Gasteiger partial charge in [0.2, 0.25) is 0 Å². The first kappa shape index (κ1) is 13.2.